The molecule has 0 spiro atoms. The molecule has 1 aromatic carbocycles. The summed E-state index contributed by atoms with van der Waals surface area (Å²) >= 11 is 3.52. The Bertz CT molecular complexity index is 1030. The van der Waals surface area contributed by atoms with Crippen molar-refractivity contribution in [3.63, 3.8) is 0 Å². The molecule has 9 heteroatoms. The molecule has 4 aromatic rings. The summed E-state index contributed by atoms with van der Waals surface area (Å²) in [6.07, 6.45) is 8.19. The van der Waals surface area contributed by atoms with E-state index >= 15 is 0 Å². The molecule has 0 saturated heterocycles. The number of nitrogens with one attached hydrogen (secondary N) is 1. The van der Waals surface area contributed by atoms with E-state index in [-0.39, 0.29) is 6.01 Å². The van der Waals surface area contributed by atoms with Gasteiger partial charge in [-0.2, -0.15) is 0 Å². The van der Waals surface area contributed by atoms with Crippen LogP contribution in [0.2, 0.25) is 0 Å². The smallest absolute Gasteiger partial charge is 0.313 e. The first-order chi connectivity index (χ1) is 12.7. The molecule has 3 aromatic heterocycles. The van der Waals surface area contributed by atoms with Gasteiger partial charge in [0.2, 0.25) is 0 Å². The van der Waals surface area contributed by atoms with E-state index in [0.29, 0.717) is 5.89 Å². The SMILES string of the molecule is Nc1nnc(-c2cnc3ccc(Br)cc3c2NCCCn2ccnc2)o1. The van der Waals surface area contributed by atoms with Gasteiger partial charge < -0.3 is 20.0 Å². The third-order valence-electron chi connectivity index (χ3n) is 3.96. The van der Waals surface area contributed by atoms with Crippen LogP contribution in [0.1, 0.15) is 6.42 Å². The summed E-state index contributed by atoms with van der Waals surface area (Å²) in [5, 5.41) is 12.2. The summed E-state index contributed by atoms with van der Waals surface area (Å²) in [5.41, 5.74) is 8.08. The standard InChI is InChI=1S/C17H16BrN7O/c18-11-2-3-14-12(8-11)15(21-4-1-6-25-7-5-20-10-25)13(9-22-14)16-23-24-17(19)26-16/h2-3,5,7-10H,1,4,6H2,(H2,19,24)(H,21,22). The van der Waals surface area contributed by atoms with Crippen molar-refractivity contribution in [2.45, 2.75) is 13.0 Å². The van der Waals surface area contributed by atoms with E-state index in [9.17, 15) is 0 Å². The molecule has 0 aliphatic rings. The number of fused-ring (bicyclic) bond motifs is 1. The Labute approximate surface area is 157 Å². The van der Waals surface area contributed by atoms with Crippen molar-refractivity contribution in [3.05, 3.63) is 47.6 Å². The Morgan fingerprint density at radius 3 is 2.96 bits per heavy atom. The predicted octanol–water partition coefficient (Wildman–Crippen LogP) is 3.33. The number of hydrogen-bond donors (Lipinski definition) is 2. The lowest BCUT2D eigenvalue weighted by atomic mass is 10.1. The number of aryl methyl sites for hydroxylation is 1. The number of nitrogens with two attached hydrogens (primary N) is 1. The van der Waals surface area contributed by atoms with Crippen LogP contribution in [0.3, 0.4) is 0 Å². The van der Waals surface area contributed by atoms with Crippen LogP contribution in [0.5, 0.6) is 0 Å². The topological polar surface area (TPSA) is 108 Å². The van der Waals surface area contributed by atoms with Crippen molar-refractivity contribution in [1.29, 1.82) is 0 Å². The Kier molecular flexibility index (Phi) is 4.53. The number of imidazole rings is 1. The van der Waals surface area contributed by atoms with Gasteiger partial charge in [-0.25, -0.2) is 4.98 Å². The van der Waals surface area contributed by atoms with Crippen LogP contribution in [0.4, 0.5) is 11.7 Å². The van der Waals surface area contributed by atoms with E-state index in [1.165, 1.54) is 0 Å². The van der Waals surface area contributed by atoms with Crippen LogP contribution in [0.15, 0.2) is 52.0 Å². The minimum absolute atomic E-state index is 0.0281. The van der Waals surface area contributed by atoms with Crippen molar-refractivity contribution in [3.8, 4) is 11.5 Å². The Balaban J connectivity index is 1.65. The van der Waals surface area contributed by atoms with E-state index < -0.39 is 0 Å². The summed E-state index contributed by atoms with van der Waals surface area (Å²) in [6, 6.07) is 5.97. The maximum absolute atomic E-state index is 5.58. The molecule has 0 bridgehead atoms. The number of rotatable bonds is 6. The van der Waals surface area contributed by atoms with Crippen LogP contribution < -0.4 is 11.1 Å². The molecule has 0 saturated carbocycles. The maximum atomic E-state index is 5.58. The van der Waals surface area contributed by atoms with Gasteiger partial charge in [0.05, 0.1) is 23.1 Å². The number of nitrogen functional groups attached to an aromatic ring is 1. The number of nitrogens with zero attached hydrogens (tertiary/aromatic N) is 5. The van der Waals surface area contributed by atoms with Crippen LogP contribution >= 0.6 is 15.9 Å². The quantitative estimate of drug-likeness (QED) is 0.466. The first kappa shape index (κ1) is 16.5. The third-order valence-corrected chi connectivity index (χ3v) is 4.45. The zero-order chi connectivity index (χ0) is 17.9. The number of halogens is 1. The third kappa shape index (κ3) is 3.38. The first-order valence-electron chi connectivity index (χ1n) is 8.08. The average Bonchev–Trinajstić information content (AvgIpc) is 3.30. The predicted molar refractivity (Wildman–Crippen MR) is 102 cm³/mol. The highest BCUT2D eigenvalue weighted by molar-refractivity contribution is 9.10. The minimum atomic E-state index is 0.0281. The molecule has 0 radical (unpaired) electrons. The molecule has 132 valence electrons. The van der Waals surface area contributed by atoms with Crippen molar-refractivity contribution in [2.24, 2.45) is 0 Å². The van der Waals surface area contributed by atoms with Gasteiger partial charge in [-0.15, -0.1) is 5.10 Å². The lowest BCUT2D eigenvalue weighted by molar-refractivity contribution is 0.590. The maximum Gasteiger partial charge on any atom is 0.313 e. The highest BCUT2D eigenvalue weighted by atomic mass is 79.9. The fourth-order valence-corrected chi connectivity index (χ4v) is 3.12. The van der Waals surface area contributed by atoms with E-state index in [1.54, 1.807) is 12.4 Å². The number of pyridine rings is 1. The Morgan fingerprint density at radius 1 is 1.27 bits per heavy atom. The summed E-state index contributed by atoms with van der Waals surface area (Å²) in [6.45, 7) is 1.64. The molecule has 0 fully saturated rings. The molecule has 0 amide bonds. The first-order valence-corrected chi connectivity index (χ1v) is 8.87. The minimum Gasteiger partial charge on any atom is -0.403 e. The van der Waals surface area contributed by atoms with Crippen molar-refractivity contribution >= 4 is 38.5 Å². The lowest BCUT2D eigenvalue weighted by Crippen LogP contribution is -2.07. The lowest BCUT2D eigenvalue weighted by Gasteiger charge is -2.13. The summed E-state index contributed by atoms with van der Waals surface area (Å²) in [7, 11) is 0. The van der Waals surface area contributed by atoms with Gasteiger partial charge in [0.25, 0.3) is 5.89 Å². The number of anilines is 2. The van der Waals surface area contributed by atoms with Crippen molar-refractivity contribution in [1.82, 2.24) is 24.7 Å². The van der Waals surface area contributed by atoms with Gasteiger partial charge in [0.1, 0.15) is 0 Å². The second kappa shape index (κ2) is 7.12. The van der Waals surface area contributed by atoms with E-state index in [4.69, 9.17) is 10.2 Å². The van der Waals surface area contributed by atoms with Gasteiger partial charge in [0, 0.05) is 41.5 Å². The van der Waals surface area contributed by atoms with Crippen LogP contribution in [-0.4, -0.2) is 31.3 Å². The molecule has 3 N–H and O–H groups in total. The molecular formula is C17H16BrN7O. The number of aromatic nitrogens is 5. The normalized spacial score (nSPS) is 11.1. The average molecular weight is 414 g/mol. The van der Waals surface area contributed by atoms with Gasteiger partial charge >= 0.3 is 6.01 Å². The molecule has 0 unspecified atom stereocenters. The van der Waals surface area contributed by atoms with Gasteiger partial charge in [-0.1, -0.05) is 21.0 Å². The van der Waals surface area contributed by atoms with E-state index in [2.05, 4.69) is 41.4 Å². The van der Waals surface area contributed by atoms with Crippen molar-refractivity contribution < 1.29 is 4.42 Å². The van der Waals surface area contributed by atoms with Crippen molar-refractivity contribution in [2.75, 3.05) is 17.6 Å². The van der Waals surface area contributed by atoms with Gasteiger partial charge in [0.15, 0.2) is 0 Å². The summed E-state index contributed by atoms with van der Waals surface area (Å²) in [5.74, 6) is 0.342. The zero-order valence-corrected chi connectivity index (χ0v) is 15.3. The number of benzene rings is 1. The second-order valence-corrected chi connectivity index (χ2v) is 6.65. The molecule has 3 heterocycles. The zero-order valence-electron chi connectivity index (χ0n) is 13.8. The van der Waals surface area contributed by atoms with E-state index in [1.807, 2.05) is 35.3 Å². The fourth-order valence-electron chi connectivity index (χ4n) is 2.75. The highest BCUT2D eigenvalue weighted by Gasteiger charge is 2.16. The van der Waals surface area contributed by atoms with E-state index in [0.717, 1.165) is 46.1 Å². The van der Waals surface area contributed by atoms with Gasteiger partial charge in [-0.05, 0) is 24.6 Å². The molecule has 0 aliphatic heterocycles. The molecule has 0 atom stereocenters. The molecule has 26 heavy (non-hydrogen) atoms. The van der Waals surface area contributed by atoms with Crippen LogP contribution in [0.25, 0.3) is 22.4 Å². The Morgan fingerprint density at radius 2 is 2.19 bits per heavy atom. The molecular weight excluding hydrogens is 398 g/mol. The fraction of sp³-hybridized carbons (Fsp3) is 0.176. The summed E-state index contributed by atoms with van der Waals surface area (Å²) in [4.78, 5) is 8.55. The summed E-state index contributed by atoms with van der Waals surface area (Å²) < 4.78 is 8.42. The van der Waals surface area contributed by atoms with Gasteiger partial charge in [-0.3, -0.25) is 4.98 Å². The number of hydrogen-bond acceptors (Lipinski definition) is 7. The van der Waals surface area contributed by atoms with Crippen LogP contribution in [0, 0.1) is 0 Å². The monoisotopic (exact) mass is 413 g/mol. The largest absolute Gasteiger partial charge is 0.403 e. The van der Waals surface area contributed by atoms with Crippen LogP contribution in [-0.2, 0) is 6.54 Å². The Hall–Kier alpha value is -2.94. The second-order valence-electron chi connectivity index (χ2n) is 5.73. The highest BCUT2D eigenvalue weighted by Crippen LogP contribution is 2.34. The molecule has 4 rings (SSSR count). The molecule has 8 nitrogen and oxygen atoms in total. The molecule has 0 aliphatic carbocycles.